The molecule has 1 N–H and O–H groups in total. The van der Waals surface area contributed by atoms with Crippen LogP contribution in [0.1, 0.15) is 18.4 Å². The highest BCUT2D eigenvalue weighted by atomic mass is 14.9. The van der Waals surface area contributed by atoms with Crippen molar-refractivity contribution in [2.24, 2.45) is 5.92 Å². The van der Waals surface area contributed by atoms with Crippen molar-refractivity contribution in [3.8, 4) is 6.07 Å². The number of rotatable bonds is 3. The Balaban J connectivity index is 2.05. The number of nitrogens with zero attached hydrogens (tertiary/aromatic N) is 2. The molecule has 1 fully saturated rings. The van der Waals surface area contributed by atoms with Crippen LogP contribution in [0.25, 0.3) is 0 Å². The van der Waals surface area contributed by atoms with Crippen LogP contribution in [0, 0.1) is 17.2 Å². The first kappa shape index (κ1) is 8.06. The lowest BCUT2D eigenvalue weighted by molar-refractivity contribution is 0.888. The molecule has 1 aliphatic rings. The highest BCUT2D eigenvalue weighted by molar-refractivity contribution is 5.55. The van der Waals surface area contributed by atoms with E-state index < -0.39 is 0 Å². The molecular formula is C10H11N3. The molecule has 1 aromatic heterocycles. The van der Waals surface area contributed by atoms with E-state index in [1.54, 1.807) is 12.4 Å². The summed E-state index contributed by atoms with van der Waals surface area (Å²) in [6.07, 6.45) is 5.94. The van der Waals surface area contributed by atoms with Crippen LogP contribution in [0.3, 0.4) is 0 Å². The summed E-state index contributed by atoms with van der Waals surface area (Å²) in [7, 11) is 0. The van der Waals surface area contributed by atoms with Crippen molar-refractivity contribution < 1.29 is 0 Å². The minimum Gasteiger partial charge on any atom is -0.384 e. The third-order valence-electron chi connectivity index (χ3n) is 2.22. The quantitative estimate of drug-likeness (QED) is 0.757. The van der Waals surface area contributed by atoms with Crippen LogP contribution >= 0.6 is 0 Å². The molecule has 0 bridgehead atoms. The van der Waals surface area contributed by atoms with Gasteiger partial charge in [-0.05, 0) is 24.8 Å². The number of hydrogen-bond acceptors (Lipinski definition) is 3. The van der Waals surface area contributed by atoms with Crippen LogP contribution in [-0.2, 0) is 0 Å². The van der Waals surface area contributed by atoms with E-state index in [2.05, 4.69) is 16.4 Å². The maximum Gasteiger partial charge on any atom is 0.103 e. The van der Waals surface area contributed by atoms with Gasteiger partial charge in [-0.25, -0.2) is 0 Å². The standard InChI is InChI=1S/C10H11N3/c11-5-9-7-12-4-3-10(9)13-6-8-1-2-8/h3-4,7-8H,1-2,6H2,(H,12,13). The Bertz CT molecular complexity index is 336. The third kappa shape index (κ3) is 1.97. The normalized spacial score (nSPS) is 15.0. The van der Waals surface area contributed by atoms with Gasteiger partial charge in [-0.15, -0.1) is 0 Å². The number of anilines is 1. The Morgan fingerprint density at radius 1 is 1.62 bits per heavy atom. The van der Waals surface area contributed by atoms with Crippen LogP contribution in [0.5, 0.6) is 0 Å². The van der Waals surface area contributed by atoms with Crippen LogP contribution in [0.4, 0.5) is 5.69 Å². The zero-order chi connectivity index (χ0) is 9.10. The minimum absolute atomic E-state index is 0.628. The summed E-state index contributed by atoms with van der Waals surface area (Å²) in [5.74, 6) is 0.819. The van der Waals surface area contributed by atoms with Gasteiger partial charge < -0.3 is 5.32 Å². The van der Waals surface area contributed by atoms with Gasteiger partial charge in [0.25, 0.3) is 0 Å². The average molecular weight is 173 g/mol. The van der Waals surface area contributed by atoms with E-state index >= 15 is 0 Å². The summed E-state index contributed by atoms with van der Waals surface area (Å²) in [5, 5.41) is 12.0. The predicted molar refractivity (Wildman–Crippen MR) is 50.2 cm³/mol. The zero-order valence-electron chi connectivity index (χ0n) is 7.33. The molecule has 0 aromatic carbocycles. The van der Waals surface area contributed by atoms with Gasteiger partial charge in [0.1, 0.15) is 6.07 Å². The second kappa shape index (κ2) is 3.44. The van der Waals surface area contributed by atoms with Crippen molar-refractivity contribution in [2.45, 2.75) is 12.8 Å². The molecule has 0 amide bonds. The van der Waals surface area contributed by atoms with Gasteiger partial charge in [0.15, 0.2) is 0 Å². The molecule has 3 nitrogen and oxygen atoms in total. The highest BCUT2D eigenvalue weighted by Gasteiger charge is 2.20. The van der Waals surface area contributed by atoms with Crippen molar-refractivity contribution in [1.29, 1.82) is 5.26 Å². The van der Waals surface area contributed by atoms with Gasteiger partial charge in [-0.2, -0.15) is 5.26 Å². The summed E-state index contributed by atoms with van der Waals surface area (Å²) in [6, 6.07) is 3.96. The first-order chi connectivity index (χ1) is 6.40. The molecule has 0 aliphatic heterocycles. The first-order valence-electron chi connectivity index (χ1n) is 4.48. The smallest absolute Gasteiger partial charge is 0.103 e. The van der Waals surface area contributed by atoms with E-state index in [0.29, 0.717) is 5.56 Å². The van der Waals surface area contributed by atoms with Crippen molar-refractivity contribution in [3.05, 3.63) is 24.0 Å². The fourth-order valence-electron chi connectivity index (χ4n) is 1.21. The van der Waals surface area contributed by atoms with Crippen LogP contribution < -0.4 is 5.32 Å². The molecule has 3 heteroatoms. The van der Waals surface area contributed by atoms with Crippen molar-refractivity contribution in [2.75, 3.05) is 11.9 Å². The van der Waals surface area contributed by atoms with Crippen LogP contribution in [0.15, 0.2) is 18.5 Å². The van der Waals surface area contributed by atoms with Crippen molar-refractivity contribution in [1.82, 2.24) is 4.98 Å². The Hall–Kier alpha value is -1.56. The second-order valence-electron chi connectivity index (χ2n) is 3.36. The Kier molecular flexibility index (Phi) is 2.13. The summed E-state index contributed by atoms with van der Waals surface area (Å²) >= 11 is 0. The van der Waals surface area contributed by atoms with E-state index in [0.717, 1.165) is 18.2 Å². The molecule has 0 unspecified atom stereocenters. The highest BCUT2D eigenvalue weighted by Crippen LogP contribution is 2.29. The molecule has 1 aliphatic carbocycles. The molecule has 0 atom stereocenters. The molecule has 1 heterocycles. The van der Waals surface area contributed by atoms with E-state index in [-0.39, 0.29) is 0 Å². The van der Waals surface area contributed by atoms with Gasteiger partial charge in [-0.1, -0.05) is 0 Å². The Labute approximate surface area is 77.4 Å². The summed E-state index contributed by atoms with van der Waals surface area (Å²) in [6.45, 7) is 0.985. The average Bonchev–Trinajstić information content (AvgIpc) is 2.99. The zero-order valence-corrected chi connectivity index (χ0v) is 7.33. The number of pyridine rings is 1. The maximum atomic E-state index is 8.77. The fourth-order valence-corrected chi connectivity index (χ4v) is 1.21. The Morgan fingerprint density at radius 2 is 2.46 bits per heavy atom. The maximum absolute atomic E-state index is 8.77. The van der Waals surface area contributed by atoms with Gasteiger partial charge in [0, 0.05) is 18.9 Å². The lowest BCUT2D eigenvalue weighted by Crippen LogP contribution is -2.04. The fraction of sp³-hybridized carbons (Fsp3) is 0.400. The molecule has 13 heavy (non-hydrogen) atoms. The number of hydrogen-bond donors (Lipinski definition) is 1. The van der Waals surface area contributed by atoms with Gasteiger partial charge >= 0.3 is 0 Å². The summed E-state index contributed by atoms with van der Waals surface area (Å²) < 4.78 is 0. The van der Waals surface area contributed by atoms with Crippen molar-refractivity contribution in [3.63, 3.8) is 0 Å². The van der Waals surface area contributed by atoms with E-state index in [1.165, 1.54) is 12.8 Å². The SMILES string of the molecule is N#Cc1cnccc1NCC1CC1. The molecular weight excluding hydrogens is 162 g/mol. The van der Waals surface area contributed by atoms with Crippen LogP contribution in [0.2, 0.25) is 0 Å². The lowest BCUT2D eigenvalue weighted by Gasteiger charge is -2.05. The molecule has 1 saturated carbocycles. The Morgan fingerprint density at radius 3 is 3.15 bits per heavy atom. The van der Waals surface area contributed by atoms with E-state index in [1.807, 2.05) is 6.07 Å². The number of aromatic nitrogens is 1. The van der Waals surface area contributed by atoms with Gasteiger partial charge in [-0.3, -0.25) is 4.98 Å². The molecule has 0 spiro atoms. The number of nitriles is 1. The molecule has 0 saturated heterocycles. The largest absolute Gasteiger partial charge is 0.384 e. The molecule has 66 valence electrons. The summed E-state index contributed by atoms with van der Waals surface area (Å²) in [5.41, 5.74) is 1.53. The predicted octanol–water partition coefficient (Wildman–Crippen LogP) is 1.78. The monoisotopic (exact) mass is 173 g/mol. The van der Waals surface area contributed by atoms with Crippen LogP contribution in [-0.4, -0.2) is 11.5 Å². The minimum atomic E-state index is 0.628. The van der Waals surface area contributed by atoms with E-state index in [4.69, 9.17) is 5.26 Å². The third-order valence-corrected chi connectivity index (χ3v) is 2.22. The van der Waals surface area contributed by atoms with Gasteiger partial charge in [0.2, 0.25) is 0 Å². The van der Waals surface area contributed by atoms with Crippen molar-refractivity contribution >= 4 is 5.69 Å². The summed E-state index contributed by atoms with van der Waals surface area (Å²) in [4.78, 5) is 3.90. The molecule has 2 rings (SSSR count). The molecule has 0 radical (unpaired) electrons. The topological polar surface area (TPSA) is 48.7 Å². The number of nitrogens with one attached hydrogen (secondary N) is 1. The van der Waals surface area contributed by atoms with E-state index in [9.17, 15) is 0 Å². The second-order valence-corrected chi connectivity index (χ2v) is 3.36. The molecule has 1 aromatic rings. The first-order valence-corrected chi connectivity index (χ1v) is 4.48. The lowest BCUT2D eigenvalue weighted by atomic mass is 10.2. The van der Waals surface area contributed by atoms with Gasteiger partial charge in [0.05, 0.1) is 11.3 Å².